The minimum Gasteiger partial charge on any atom is -1.00 e. The number of hydrogen-bond donors (Lipinski definition) is 2. The normalized spacial score (nSPS) is 13.3. The van der Waals surface area contributed by atoms with Crippen molar-refractivity contribution in [1.29, 1.82) is 0 Å². The number of anilines is 1. The maximum atomic E-state index is 12.8. The van der Waals surface area contributed by atoms with E-state index in [9.17, 15) is 19.5 Å². The van der Waals surface area contributed by atoms with Crippen LogP contribution in [0, 0.1) is 0 Å². The van der Waals surface area contributed by atoms with Crippen LogP contribution in [0.3, 0.4) is 0 Å². The molecule has 1 aliphatic heterocycles. The van der Waals surface area contributed by atoms with Crippen molar-refractivity contribution in [1.82, 2.24) is 9.80 Å². The van der Waals surface area contributed by atoms with Gasteiger partial charge in [0.15, 0.2) is 0 Å². The SMILES string of the molecule is O=C(COCC(=O)N1CCN(C(c2ccccc2)c2ccccc2)CC1)Nc1ccc(-c2ccccc2)cc1C(=O)O.[H-].[Na+]. The van der Waals surface area contributed by atoms with Crippen molar-refractivity contribution in [2.24, 2.45) is 0 Å². The molecular weight excluding hydrogens is 553 g/mol. The van der Waals surface area contributed by atoms with Gasteiger partial charge in [-0.1, -0.05) is 97.1 Å². The number of rotatable bonds is 10. The Kier molecular flexibility index (Phi) is 11.7. The Morgan fingerprint density at radius 2 is 1.30 bits per heavy atom. The van der Waals surface area contributed by atoms with Gasteiger partial charge in [0.25, 0.3) is 0 Å². The molecule has 8 nitrogen and oxygen atoms in total. The van der Waals surface area contributed by atoms with Crippen molar-refractivity contribution in [2.45, 2.75) is 6.04 Å². The molecule has 0 saturated carbocycles. The molecule has 1 saturated heterocycles. The first kappa shape index (κ1) is 32.1. The number of amides is 2. The summed E-state index contributed by atoms with van der Waals surface area (Å²) in [5, 5.41) is 12.3. The summed E-state index contributed by atoms with van der Waals surface area (Å²) in [6, 6.07) is 35.0. The number of nitrogens with one attached hydrogen (secondary N) is 1. The molecule has 0 aliphatic carbocycles. The fraction of sp³-hybridized carbons (Fsp3) is 0.206. The fourth-order valence-corrected chi connectivity index (χ4v) is 5.26. The van der Waals surface area contributed by atoms with E-state index in [-0.39, 0.29) is 67.4 Å². The van der Waals surface area contributed by atoms with Gasteiger partial charge < -0.3 is 21.5 Å². The van der Waals surface area contributed by atoms with Gasteiger partial charge in [0.1, 0.15) is 13.2 Å². The average Bonchev–Trinajstić information content (AvgIpc) is 3.03. The molecule has 4 aromatic carbocycles. The number of carboxylic acid groups (broad SMARTS) is 1. The van der Waals surface area contributed by atoms with Crippen LogP contribution in [-0.4, -0.2) is 72.1 Å². The molecule has 1 fully saturated rings. The summed E-state index contributed by atoms with van der Waals surface area (Å²) in [6.45, 7) is 1.93. The molecule has 9 heteroatoms. The summed E-state index contributed by atoms with van der Waals surface area (Å²) < 4.78 is 5.42. The zero-order valence-corrected chi connectivity index (χ0v) is 26.2. The van der Waals surface area contributed by atoms with Crippen LogP contribution in [0.15, 0.2) is 109 Å². The fourth-order valence-electron chi connectivity index (χ4n) is 5.26. The minimum atomic E-state index is -1.15. The first-order valence-electron chi connectivity index (χ1n) is 13.9. The van der Waals surface area contributed by atoms with Gasteiger partial charge in [-0.15, -0.1) is 0 Å². The van der Waals surface area contributed by atoms with Gasteiger partial charge in [0.2, 0.25) is 11.8 Å². The van der Waals surface area contributed by atoms with Crippen molar-refractivity contribution >= 4 is 23.5 Å². The second-order valence-corrected chi connectivity index (χ2v) is 10.1. The number of carboxylic acids is 1. The number of nitrogens with zero attached hydrogens (tertiary/aromatic N) is 2. The Morgan fingerprint density at radius 1 is 0.744 bits per heavy atom. The molecule has 43 heavy (non-hydrogen) atoms. The van der Waals surface area contributed by atoms with E-state index in [2.05, 4.69) is 34.5 Å². The standard InChI is InChI=1S/C34H33N3O5.Na.H/c38-31(35-30-17-16-28(22-29(30)34(40)41)25-10-4-1-5-11-25)23-42-24-32(39)36-18-20-37(21-19-36)33(26-12-6-2-7-13-26)27-14-8-3-9-15-27;;/h1-17,22,33H,18-21,23-24H2,(H,35,38)(H,40,41);;/q;+1;-1. The molecule has 0 aromatic heterocycles. The first-order chi connectivity index (χ1) is 20.5. The molecule has 0 atom stereocenters. The van der Waals surface area contributed by atoms with E-state index in [4.69, 9.17) is 4.74 Å². The van der Waals surface area contributed by atoms with Gasteiger partial charge in [0, 0.05) is 26.2 Å². The molecular formula is C34H34N3NaO5. The monoisotopic (exact) mass is 587 g/mol. The molecule has 0 unspecified atom stereocenters. The van der Waals surface area contributed by atoms with Crippen molar-refractivity contribution < 1.29 is 55.2 Å². The van der Waals surface area contributed by atoms with Crippen LogP contribution >= 0.6 is 0 Å². The maximum Gasteiger partial charge on any atom is 1.00 e. The number of ether oxygens (including phenoxy) is 1. The summed E-state index contributed by atoms with van der Waals surface area (Å²) in [7, 11) is 0. The summed E-state index contributed by atoms with van der Waals surface area (Å²) in [6.07, 6.45) is 0. The second-order valence-electron chi connectivity index (χ2n) is 10.1. The number of piperazine rings is 1. The van der Waals surface area contributed by atoms with Crippen LogP contribution in [-0.2, 0) is 14.3 Å². The zero-order valence-electron chi connectivity index (χ0n) is 25.2. The quantitative estimate of drug-likeness (QED) is 0.276. The number of benzene rings is 4. The van der Waals surface area contributed by atoms with Crippen molar-refractivity contribution in [3.63, 3.8) is 0 Å². The van der Waals surface area contributed by atoms with Gasteiger partial charge in [-0.3, -0.25) is 14.5 Å². The van der Waals surface area contributed by atoms with Crippen LogP contribution in [0.25, 0.3) is 11.1 Å². The van der Waals surface area contributed by atoms with E-state index >= 15 is 0 Å². The van der Waals surface area contributed by atoms with Crippen molar-refractivity contribution in [2.75, 3.05) is 44.7 Å². The van der Waals surface area contributed by atoms with E-state index in [1.54, 1.807) is 17.0 Å². The van der Waals surface area contributed by atoms with Crippen LogP contribution in [0.2, 0.25) is 0 Å². The van der Waals surface area contributed by atoms with E-state index in [1.165, 1.54) is 17.2 Å². The summed E-state index contributed by atoms with van der Waals surface area (Å²) >= 11 is 0. The topological polar surface area (TPSA) is 99.2 Å². The zero-order chi connectivity index (χ0) is 29.3. The van der Waals surface area contributed by atoms with Gasteiger partial charge in [-0.2, -0.15) is 0 Å². The first-order valence-corrected chi connectivity index (χ1v) is 13.9. The molecule has 2 N–H and O–H groups in total. The van der Waals surface area contributed by atoms with E-state index in [1.807, 2.05) is 66.7 Å². The third kappa shape index (κ3) is 8.40. The smallest absolute Gasteiger partial charge is 1.00 e. The molecule has 1 aliphatic rings. The predicted octanol–water partition coefficient (Wildman–Crippen LogP) is 2.06. The van der Waals surface area contributed by atoms with E-state index in [0.29, 0.717) is 26.2 Å². The van der Waals surface area contributed by atoms with Gasteiger partial charge in [-0.05, 0) is 34.4 Å². The third-order valence-corrected chi connectivity index (χ3v) is 7.35. The molecule has 4 aromatic rings. The Hall–Kier alpha value is -3.79. The third-order valence-electron chi connectivity index (χ3n) is 7.35. The molecule has 0 spiro atoms. The molecule has 2 amide bonds. The van der Waals surface area contributed by atoms with Crippen LogP contribution in [0.1, 0.15) is 29.0 Å². The number of carbonyl (C=O) groups is 3. The summed E-state index contributed by atoms with van der Waals surface area (Å²) in [4.78, 5) is 41.4. The molecule has 0 bridgehead atoms. The predicted molar refractivity (Wildman–Crippen MR) is 162 cm³/mol. The number of carbonyl (C=O) groups excluding carboxylic acids is 2. The van der Waals surface area contributed by atoms with Crippen LogP contribution in [0.5, 0.6) is 0 Å². The largest absolute Gasteiger partial charge is 1.00 e. The summed E-state index contributed by atoms with van der Waals surface area (Å²) in [5.74, 6) is -1.87. The number of aromatic carboxylic acids is 1. The summed E-state index contributed by atoms with van der Waals surface area (Å²) in [5.41, 5.74) is 4.16. The number of hydrogen-bond acceptors (Lipinski definition) is 5. The minimum absolute atomic E-state index is 0. The molecule has 0 radical (unpaired) electrons. The van der Waals surface area contributed by atoms with Crippen molar-refractivity contribution in [3.8, 4) is 11.1 Å². The molecule has 216 valence electrons. The molecule has 5 rings (SSSR count). The molecule has 1 heterocycles. The van der Waals surface area contributed by atoms with E-state index in [0.717, 1.165) is 11.1 Å². The Balaban J connectivity index is 0.00000264. The Morgan fingerprint density at radius 3 is 1.86 bits per heavy atom. The maximum absolute atomic E-state index is 12.8. The van der Waals surface area contributed by atoms with Gasteiger partial charge in [0.05, 0.1) is 17.3 Å². The van der Waals surface area contributed by atoms with E-state index < -0.39 is 11.9 Å². The van der Waals surface area contributed by atoms with Gasteiger partial charge in [-0.25, -0.2) is 4.79 Å². The van der Waals surface area contributed by atoms with Gasteiger partial charge >= 0.3 is 35.5 Å². The Labute approximate surface area is 275 Å². The second kappa shape index (κ2) is 15.6. The van der Waals surface area contributed by atoms with Crippen LogP contribution in [0.4, 0.5) is 5.69 Å². The Bertz CT molecular complexity index is 1480. The van der Waals surface area contributed by atoms with Crippen LogP contribution < -0.4 is 34.9 Å². The van der Waals surface area contributed by atoms with Crippen molar-refractivity contribution in [3.05, 3.63) is 126 Å². The average molecular weight is 588 g/mol.